The molecule has 0 unspecified atom stereocenters. The fraction of sp³-hybridized carbons (Fsp3) is 0.762. The molecule has 8 nitrogen and oxygen atoms in total. The minimum Gasteiger partial charge on any atom is -0.379 e. The van der Waals surface area contributed by atoms with E-state index in [2.05, 4.69) is 9.88 Å². The second kappa shape index (κ2) is 10.7. The maximum absolute atomic E-state index is 12.8. The number of hydrogen-bond donors (Lipinski definition) is 0. The number of morpholine rings is 2. The second-order valence-electron chi connectivity index (χ2n) is 8.07. The summed E-state index contributed by atoms with van der Waals surface area (Å²) in [5.74, 6) is 0.435. The lowest BCUT2D eigenvalue weighted by atomic mass is 9.97. The molecule has 2 fully saturated rings. The first-order valence-electron chi connectivity index (χ1n) is 11.1. The first-order valence-corrected chi connectivity index (χ1v) is 12.1. The average Bonchev–Trinajstić information content (AvgIpc) is 2.80. The number of rotatable bonds is 7. The first kappa shape index (κ1) is 21.8. The number of aromatic nitrogens is 2. The summed E-state index contributed by atoms with van der Waals surface area (Å²) in [6, 6.07) is 0. The van der Waals surface area contributed by atoms with Crippen LogP contribution in [0.1, 0.15) is 30.5 Å². The topological polar surface area (TPSA) is 76.9 Å². The lowest BCUT2D eigenvalue weighted by molar-refractivity contribution is -0.132. The Hall–Kier alpha value is -1.42. The van der Waals surface area contributed by atoms with Gasteiger partial charge < -0.3 is 14.4 Å². The van der Waals surface area contributed by atoms with Crippen LogP contribution in [0.25, 0.3) is 0 Å². The summed E-state index contributed by atoms with van der Waals surface area (Å²) < 4.78 is 12.6. The van der Waals surface area contributed by atoms with Crippen LogP contribution in [-0.2, 0) is 33.7 Å². The molecule has 3 aliphatic rings. The van der Waals surface area contributed by atoms with Gasteiger partial charge in [0.25, 0.3) is 0 Å². The molecule has 0 bridgehead atoms. The van der Waals surface area contributed by atoms with Crippen LogP contribution in [0.2, 0.25) is 0 Å². The zero-order chi connectivity index (χ0) is 20.8. The van der Waals surface area contributed by atoms with Crippen molar-refractivity contribution in [2.24, 2.45) is 0 Å². The second-order valence-corrected chi connectivity index (χ2v) is 9.04. The molecule has 0 spiro atoms. The molecular formula is C21H32N4O4S. The third kappa shape index (κ3) is 5.43. The summed E-state index contributed by atoms with van der Waals surface area (Å²) in [4.78, 5) is 34.0. The Morgan fingerprint density at radius 1 is 0.967 bits per heavy atom. The van der Waals surface area contributed by atoms with E-state index in [1.807, 2.05) is 9.47 Å². The molecule has 2 saturated heterocycles. The third-order valence-corrected chi connectivity index (χ3v) is 7.11. The first-order chi connectivity index (χ1) is 14.7. The van der Waals surface area contributed by atoms with Crippen molar-refractivity contribution in [3.05, 3.63) is 21.7 Å². The van der Waals surface area contributed by atoms with Crippen LogP contribution >= 0.6 is 11.8 Å². The van der Waals surface area contributed by atoms with Crippen molar-refractivity contribution in [2.75, 3.05) is 64.9 Å². The third-order valence-electron chi connectivity index (χ3n) is 6.11. The number of amides is 1. The molecule has 1 amide bonds. The number of carbonyl (C=O) groups is 1. The van der Waals surface area contributed by atoms with E-state index < -0.39 is 0 Å². The van der Waals surface area contributed by atoms with E-state index in [9.17, 15) is 9.59 Å². The van der Waals surface area contributed by atoms with Gasteiger partial charge in [-0.2, -0.15) is 4.98 Å². The van der Waals surface area contributed by atoms with Crippen LogP contribution in [0.4, 0.5) is 0 Å². The van der Waals surface area contributed by atoms with Gasteiger partial charge in [0.2, 0.25) is 5.91 Å². The summed E-state index contributed by atoms with van der Waals surface area (Å²) in [5, 5.41) is 0.765. The molecule has 166 valence electrons. The van der Waals surface area contributed by atoms with E-state index >= 15 is 0 Å². The van der Waals surface area contributed by atoms with Gasteiger partial charge in [0.15, 0.2) is 0 Å². The largest absolute Gasteiger partial charge is 0.379 e. The molecule has 1 aromatic rings. The molecular weight excluding hydrogens is 404 g/mol. The monoisotopic (exact) mass is 436 g/mol. The summed E-state index contributed by atoms with van der Waals surface area (Å²) in [6.45, 7) is 7.73. The average molecular weight is 437 g/mol. The van der Waals surface area contributed by atoms with Crippen LogP contribution in [0, 0.1) is 0 Å². The Bertz CT molecular complexity index is 788. The van der Waals surface area contributed by atoms with Gasteiger partial charge in [0.1, 0.15) is 5.03 Å². The molecule has 3 heterocycles. The maximum atomic E-state index is 12.8. The Kier molecular flexibility index (Phi) is 7.81. The van der Waals surface area contributed by atoms with Gasteiger partial charge in [-0.15, -0.1) is 0 Å². The molecule has 1 aromatic heterocycles. The van der Waals surface area contributed by atoms with Gasteiger partial charge in [-0.05, 0) is 32.1 Å². The Labute approximate surface area is 181 Å². The molecule has 0 aromatic carbocycles. The van der Waals surface area contributed by atoms with Crippen molar-refractivity contribution in [3.8, 4) is 0 Å². The number of carbonyl (C=O) groups excluding carboxylic acids is 1. The molecule has 4 rings (SSSR count). The fourth-order valence-corrected chi connectivity index (χ4v) is 5.39. The molecule has 0 saturated carbocycles. The quantitative estimate of drug-likeness (QED) is 0.462. The lowest BCUT2D eigenvalue weighted by Gasteiger charge is -2.28. The summed E-state index contributed by atoms with van der Waals surface area (Å²) in [7, 11) is 0. The molecule has 1 aliphatic carbocycles. The van der Waals surface area contributed by atoms with E-state index in [1.54, 1.807) is 0 Å². The molecule has 0 N–H and O–H groups in total. The van der Waals surface area contributed by atoms with E-state index in [1.165, 1.54) is 17.3 Å². The smallest absolute Gasteiger partial charge is 0.348 e. The van der Waals surface area contributed by atoms with Crippen LogP contribution in [0.15, 0.2) is 9.82 Å². The van der Waals surface area contributed by atoms with Crippen LogP contribution in [0.3, 0.4) is 0 Å². The highest BCUT2D eigenvalue weighted by molar-refractivity contribution is 7.99. The zero-order valence-corrected chi connectivity index (χ0v) is 18.5. The fourth-order valence-electron chi connectivity index (χ4n) is 4.41. The van der Waals surface area contributed by atoms with Crippen molar-refractivity contribution < 1.29 is 14.3 Å². The highest BCUT2D eigenvalue weighted by atomic mass is 32.2. The number of fused-ring (bicyclic) bond motifs is 1. The molecule has 0 radical (unpaired) electrons. The molecule has 30 heavy (non-hydrogen) atoms. The van der Waals surface area contributed by atoms with Crippen LogP contribution < -0.4 is 5.69 Å². The normalized spacial score (nSPS) is 20.2. The van der Waals surface area contributed by atoms with E-state index in [4.69, 9.17) is 9.47 Å². The highest BCUT2D eigenvalue weighted by Crippen LogP contribution is 2.28. The maximum Gasteiger partial charge on any atom is 0.348 e. The lowest BCUT2D eigenvalue weighted by Crippen LogP contribution is -2.41. The van der Waals surface area contributed by atoms with Gasteiger partial charge in [-0.1, -0.05) is 11.8 Å². The Morgan fingerprint density at radius 2 is 1.67 bits per heavy atom. The van der Waals surface area contributed by atoms with Gasteiger partial charge in [0.05, 0.1) is 32.2 Å². The van der Waals surface area contributed by atoms with Gasteiger partial charge >= 0.3 is 5.69 Å². The van der Waals surface area contributed by atoms with Crippen molar-refractivity contribution >= 4 is 17.7 Å². The van der Waals surface area contributed by atoms with Crippen molar-refractivity contribution in [3.63, 3.8) is 0 Å². The minimum atomic E-state index is -0.168. The van der Waals surface area contributed by atoms with E-state index in [0.717, 1.165) is 75.7 Å². The predicted octanol–water partition coefficient (Wildman–Crippen LogP) is 0.795. The van der Waals surface area contributed by atoms with E-state index in [-0.39, 0.29) is 11.6 Å². The Balaban J connectivity index is 1.41. The molecule has 9 heteroatoms. The molecule has 2 aliphatic heterocycles. The number of nitrogens with zero attached hydrogens (tertiary/aromatic N) is 4. The summed E-state index contributed by atoms with van der Waals surface area (Å²) >= 11 is 1.43. The zero-order valence-electron chi connectivity index (χ0n) is 17.6. The van der Waals surface area contributed by atoms with Crippen LogP contribution in [0.5, 0.6) is 0 Å². The number of hydrogen-bond acceptors (Lipinski definition) is 7. The van der Waals surface area contributed by atoms with Gasteiger partial charge in [-0.3, -0.25) is 14.3 Å². The predicted molar refractivity (Wildman–Crippen MR) is 115 cm³/mol. The van der Waals surface area contributed by atoms with E-state index in [0.29, 0.717) is 38.6 Å². The Morgan fingerprint density at radius 3 is 2.43 bits per heavy atom. The summed E-state index contributed by atoms with van der Waals surface area (Å²) in [5.41, 5.74) is 2.16. The van der Waals surface area contributed by atoms with Gasteiger partial charge in [0, 0.05) is 50.5 Å². The number of ether oxygens (including phenoxy) is 2. The van der Waals surface area contributed by atoms with Gasteiger partial charge in [-0.25, -0.2) is 4.79 Å². The van der Waals surface area contributed by atoms with Crippen LogP contribution in [-0.4, -0.2) is 90.2 Å². The minimum absolute atomic E-state index is 0.101. The SMILES string of the molecule is O=C(CSc1nc(=O)n(CCCN2CCOCC2)c2c1CCCC2)N1CCOCC1. The standard InChI is InChI=1S/C21H32N4O4S/c26-19(24-10-14-29-15-11-24)16-30-20-17-4-1-2-5-18(17)25(21(27)22-20)7-3-6-23-8-12-28-13-9-23/h1-16H2. The summed E-state index contributed by atoms with van der Waals surface area (Å²) in [6.07, 6.45) is 5.04. The van der Waals surface area contributed by atoms with Crippen molar-refractivity contribution in [1.82, 2.24) is 19.4 Å². The number of thioether (sulfide) groups is 1. The highest BCUT2D eigenvalue weighted by Gasteiger charge is 2.23. The molecule has 0 atom stereocenters. The van der Waals surface area contributed by atoms with Crippen molar-refractivity contribution in [1.29, 1.82) is 0 Å². The van der Waals surface area contributed by atoms with Crippen molar-refractivity contribution in [2.45, 2.75) is 43.7 Å².